The highest BCUT2D eigenvalue weighted by atomic mass is 19.3. The van der Waals surface area contributed by atoms with Crippen molar-refractivity contribution >= 4 is 17.5 Å². The Labute approximate surface area is 243 Å². The predicted molar refractivity (Wildman–Crippen MR) is 153 cm³/mol. The number of alkyl halides is 2. The Morgan fingerprint density at radius 2 is 1.93 bits per heavy atom. The Morgan fingerprint density at radius 3 is 2.62 bits per heavy atom. The molecular weight excluding hydrogens is 544 g/mol. The maximum Gasteiger partial charge on any atom is 0.292 e. The molecule has 5 rings (SSSR count). The van der Waals surface area contributed by atoms with Gasteiger partial charge in [-0.1, -0.05) is 30.3 Å². The molecule has 0 atom stereocenters. The van der Waals surface area contributed by atoms with Crippen LogP contribution >= 0.6 is 0 Å². The molecule has 0 unspecified atom stereocenters. The second-order valence-corrected chi connectivity index (χ2v) is 11.3. The lowest BCUT2D eigenvalue weighted by molar-refractivity contribution is -0.126. The highest BCUT2D eigenvalue weighted by Crippen LogP contribution is 2.46. The molecule has 2 aliphatic rings. The first-order valence-electron chi connectivity index (χ1n) is 14.0. The Morgan fingerprint density at radius 1 is 1.17 bits per heavy atom. The molecule has 42 heavy (non-hydrogen) atoms. The van der Waals surface area contributed by atoms with Crippen LogP contribution in [0.5, 0.6) is 0 Å². The first-order chi connectivity index (χ1) is 20.1. The standard InChI is InChI=1S/C30H35F2N7O3/c1-30(9-10-30)29-35-27(36-42-29)28(41)34-18-21-7-6-20(17-23(21)26(31)32)22-8-11-33-19-24(22)38-13-15-39(16-14-38)25(40)5-4-12-37(2)3/h4-8,11,17,19,26H,9-10,12-16,18H2,1-3H3,(H,34,41). The molecule has 2 amide bonds. The molecule has 0 bridgehead atoms. The largest absolute Gasteiger partial charge is 0.366 e. The SMILES string of the molecule is CN(C)CC=CC(=O)N1CCN(c2cnccc2-c2ccc(CNC(=O)c3noc(C4(C)CC4)n3)c(C(F)F)c2)CC1. The van der Waals surface area contributed by atoms with Crippen LogP contribution in [0, 0.1) is 0 Å². The summed E-state index contributed by atoms with van der Waals surface area (Å²) in [5.74, 6) is -0.297. The summed E-state index contributed by atoms with van der Waals surface area (Å²) in [6, 6.07) is 6.63. The summed E-state index contributed by atoms with van der Waals surface area (Å²) >= 11 is 0. The quantitative estimate of drug-likeness (QED) is 0.362. The number of anilines is 1. The second-order valence-electron chi connectivity index (χ2n) is 11.3. The van der Waals surface area contributed by atoms with E-state index in [0.717, 1.165) is 24.1 Å². The Kier molecular flexibility index (Phi) is 8.62. The monoisotopic (exact) mass is 579 g/mol. The molecule has 3 aromatic rings. The number of nitrogens with one attached hydrogen (secondary N) is 1. The van der Waals surface area contributed by atoms with Crippen LogP contribution in [0.25, 0.3) is 11.1 Å². The summed E-state index contributed by atoms with van der Waals surface area (Å²) in [5.41, 5.74) is 2.14. The van der Waals surface area contributed by atoms with Gasteiger partial charge < -0.3 is 24.5 Å². The molecule has 222 valence electrons. The number of halogens is 2. The summed E-state index contributed by atoms with van der Waals surface area (Å²) < 4.78 is 33.6. The fraction of sp³-hybridized carbons (Fsp3) is 0.433. The zero-order valence-electron chi connectivity index (χ0n) is 24.0. The molecule has 0 spiro atoms. The molecule has 12 heteroatoms. The molecule has 10 nitrogen and oxygen atoms in total. The van der Waals surface area contributed by atoms with Crippen molar-refractivity contribution in [3.8, 4) is 11.1 Å². The van der Waals surface area contributed by atoms with E-state index in [9.17, 15) is 18.4 Å². The van der Waals surface area contributed by atoms with Gasteiger partial charge >= 0.3 is 0 Å². The third-order valence-corrected chi connectivity index (χ3v) is 7.74. The van der Waals surface area contributed by atoms with Gasteiger partial charge in [-0.05, 0) is 50.2 Å². The van der Waals surface area contributed by atoms with E-state index in [1.54, 1.807) is 41.6 Å². The lowest BCUT2D eigenvalue weighted by Crippen LogP contribution is -2.48. The summed E-state index contributed by atoms with van der Waals surface area (Å²) in [5, 5.41) is 6.38. The van der Waals surface area contributed by atoms with E-state index in [1.165, 1.54) is 6.07 Å². The van der Waals surface area contributed by atoms with Crippen molar-refractivity contribution in [3.63, 3.8) is 0 Å². The van der Waals surface area contributed by atoms with Crippen LogP contribution in [-0.2, 0) is 16.8 Å². The second kappa shape index (κ2) is 12.4. The topological polar surface area (TPSA) is 108 Å². The minimum absolute atomic E-state index is 0.0240. The van der Waals surface area contributed by atoms with E-state index in [1.807, 2.05) is 32.0 Å². The Bertz CT molecular complexity index is 1460. The first-order valence-corrected chi connectivity index (χ1v) is 14.0. The van der Waals surface area contributed by atoms with Gasteiger partial charge in [-0.15, -0.1) is 0 Å². The number of carbonyl (C=O) groups excluding carboxylic acids is 2. The Balaban J connectivity index is 1.27. The average molecular weight is 580 g/mol. The highest BCUT2D eigenvalue weighted by Gasteiger charge is 2.45. The molecule has 1 N–H and O–H groups in total. The van der Waals surface area contributed by atoms with E-state index in [-0.39, 0.29) is 29.3 Å². The van der Waals surface area contributed by atoms with E-state index >= 15 is 0 Å². The number of hydrogen-bond donors (Lipinski definition) is 1. The van der Waals surface area contributed by atoms with Crippen molar-refractivity contribution in [2.75, 3.05) is 51.7 Å². The van der Waals surface area contributed by atoms with Gasteiger partial charge in [-0.25, -0.2) is 8.78 Å². The van der Waals surface area contributed by atoms with Crippen LogP contribution in [0.1, 0.15) is 53.8 Å². The van der Waals surface area contributed by atoms with Crippen LogP contribution in [-0.4, -0.2) is 83.6 Å². The van der Waals surface area contributed by atoms with Crippen molar-refractivity contribution in [2.45, 2.75) is 38.2 Å². The van der Waals surface area contributed by atoms with Gasteiger partial charge in [0, 0.05) is 68.1 Å². The zero-order chi connectivity index (χ0) is 29.9. The highest BCUT2D eigenvalue weighted by molar-refractivity contribution is 5.90. The van der Waals surface area contributed by atoms with E-state index in [4.69, 9.17) is 4.52 Å². The fourth-order valence-electron chi connectivity index (χ4n) is 4.86. The smallest absolute Gasteiger partial charge is 0.292 e. The lowest BCUT2D eigenvalue weighted by atomic mass is 9.98. The van der Waals surface area contributed by atoms with Crippen molar-refractivity contribution < 1.29 is 22.9 Å². The minimum atomic E-state index is -2.75. The summed E-state index contributed by atoms with van der Waals surface area (Å²) in [6.45, 7) is 4.84. The number of hydrogen-bond acceptors (Lipinski definition) is 8. The fourth-order valence-corrected chi connectivity index (χ4v) is 4.86. The van der Waals surface area contributed by atoms with E-state index in [0.29, 0.717) is 49.7 Å². The number of carbonyl (C=O) groups is 2. The summed E-state index contributed by atoms with van der Waals surface area (Å²) in [7, 11) is 3.88. The number of piperazine rings is 1. The molecule has 1 aromatic carbocycles. The van der Waals surface area contributed by atoms with E-state index < -0.39 is 12.3 Å². The number of pyridine rings is 1. The van der Waals surface area contributed by atoms with Crippen molar-refractivity contribution in [2.24, 2.45) is 0 Å². The third kappa shape index (κ3) is 6.64. The van der Waals surface area contributed by atoms with Crippen LogP contribution in [0.15, 0.2) is 53.3 Å². The van der Waals surface area contributed by atoms with Gasteiger partial charge in [0.1, 0.15) is 0 Å². The predicted octanol–water partition coefficient (Wildman–Crippen LogP) is 3.82. The van der Waals surface area contributed by atoms with Crippen molar-refractivity contribution in [1.82, 2.24) is 30.2 Å². The van der Waals surface area contributed by atoms with E-state index in [2.05, 4.69) is 25.3 Å². The number of benzene rings is 1. The number of aromatic nitrogens is 3. The van der Waals surface area contributed by atoms with Crippen LogP contribution in [0.2, 0.25) is 0 Å². The van der Waals surface area contributed by atoms with Crippen molar-refractivity contribution in [1.29, 1.82) is 0 Å². The molecule has 3 heterocycles. The van der Waals surface area contributed by atoms with Gasteiger partial charge in [0.2, 0.25) is 11.8 Å². The zero-order valence-corrected chi connectivity index (χ0v) is 24.0. The van der Waals surface area contributed by atoms with Gasteiger partial charge in [-0.2, -0.15) is 4.98 Å². The van der Waals surface area contributed by atoms with Gasteiger partial charge in [-0.3, -0.25) is 14.6 Å². The molecule has 2 aromatic heterocycles. The van der Waals surface area contributed by atoms with Gasteiger partial charge in [0.15, 0.2) is 0 Å². The average Bonchev–Trinajstić information content (AvgIpc) is 3.53. The molecule has 0 radical (unpaired) electrons. The number of nitrogens with zero attached hydrogens (tertiary/aromatic N) is 6. The molecule has 1 saturated carbocycles. The van der Waals surface area contributed by atoms with Crippen LogP contribution in [0.3, 0.4) is 0 Å². The molecular formula is C30H35F2N7O3. The van der Waals surface area contributed by atoms with Crippen molar-refractivity contribution in [3.05, 3.63) is 71.7 Å². The molecule has 1 saturated heterocycles. The molecule has 1 aliphatic carbocycles. The number of rotatable bonds is 10. The maximum atomic E-state index is 14.2. The third-order valence-electron chi connectivity index (χ3n) is 7.74. The van der Waals surface area contributed by atoms with Gasteiger partial charge in [0.05, 0.1) is 11.9 Å². The van der Waals surface area contributed by atoms with Gasteiger partial charge in [0.25, 0.3) is 18.2 Å². The lowest BCUT2D eigenvalue weighted by Gasteiger charge is -2.36. The normalized spacial score (nSPS) is 16.5. The first kappa shape index (κ1) is 29.3. The number of likely N-dealkylation sites (N-methyl/N-ethyl adjacent to an activating group) is 1. The molecule has 2 fully saturated rings. The van der Waals surface area contributed by atoms with Crippen LogP contribution in [0.4, 0.5) is 14.5 Å². The molecule has 1 aliphatic heterocycles. The van der Waals surface area contributed by atoms with Crippen LogP contribution < -0.4 is 10.2 Å². The minimum Gasteiger partial charge on any atom is -0.366 e. The maximum absolute atomic E-state index is 14.2. The number of amides is 2. The Hall–Kier alpha value is -4.19. The summed E-state index contributed by atoms with van der Waals surface area (Å²) in [6.07, 6.45) is 5.90. The summed E-state index contributed by atoms with van der Waals surface area (Å²) in [4.78, 5) is 39.5.